The average Bonchev–Trinajstić information content (AvgIpc) is 2.75. The van der Waals surface area contributed by atoms with Gasteiger partial charge in [-0.2, -0.15) is 0 Å². The molecule has 1 N–H and O–H groups in total. The molecule has 92 valence electrons. The Kier molecular flexibility index (Phi) is 3.24. The standard InChI is InChI=1S/C13H24N2O/c1-4-15-11(9-10(2)3)14-13(12(15)16)7-5-6-8-13/h10-11,14H,4-9H2,1-3H3. The van der Waals surface area contributed by atoms with Crippen molar-refractivity contribution in [2.75, 3.05) is 6.54 Å². The van der Waals surface area contributed by atoms with E-state index in [4.69, 9.17) is 0 Å². The van der Waals surface area contributed by atoms with Gasteiger partial charge in [-0.15, -0.1) is 0 Å². The zero-order valence-corrected chi connectivity index (χ0v) is 10.8. The topological polar surface area (TPSA) is 32.3 Å². The molecule has 1 aliphatic heterocycles. The first kappa shape index (κ1) is 11.9. The molecule has 0 bridgehead atoms. The summed E-state index contributed by atoms with van der Waals surface area (Å²) < 4.78 is 0. The Bertz CT molecular complexity index is 269. The van der Waals surface area contributed by atoms with E-state index >= 15 is 0 Å². The molecule has 16 heavy (non-hydrogen) atoms. The van der Waals surface area contributed by atoms with E-state index in [0.717, 1.165) is 25.8 Å². The number of nitrogens with one attached hydrogen (secondary N) is 1. The molecule has 3 nitrogen and oxygen atoms in total. The van der Waals surface area contributed by atoms with Gasteiger partial charge in [-0.05, 0) is 32.1 Å². The first-order chi connectivity index (χ1) is 7.59. The minimum atomic E-state index is -0.185. The van der Waals surface area contributed by atoms with E-state index in [1.54, 1.807) is 0 Å². The van der Waals surface area contributed by atoms with Crippen LogP contribution in [0.3, 0.4) is 0 Å². The maximum atomic E-state index is 12.4. The number of rotatable bonds is 3. The molecular formula is C13H24N2O. The van der Waals surface area contributed by atoms with Gasteiger partial charge in [0.05, 0.1) is 11.7 Å². The van der Waals surface area contributed by atoms with E-state index in [1.165, 1.54) is 12.8 Å². The molecule has 1 aliphatic carbocycles. The molecule has 2 aliphatic rings. The third-order valence-corrected chi connectivity index (χ3v) is 3.98. The Labute approximate surface area is 98.6 Å². The normalized spacial score (nSPS) is 28.6. The number of carbonyl (C=O) groups is 1. The monoisotopic (exact) mass is 224 g/mol. The lowest BCUT2D eigenvalue weighted by molar-refractivity contribution is -0.133. The lowest BCUT2D eigenvalue weighted by Gasteiger charge is -2.23. The summed E-state index contributed by atoms with van der Waals surface area (Å²) in [7, 11) is 0. The van der Waals surface area contributed by atoms with Gasteiger partial charge in [0.25, 0.3) is 0 Å². The Hall–Kier alpha value is -0.570. The molecule has 1 heterocycles. The van der Waals surface area contributed by atoms with Crippen LogP contribution in [0.1, 0.15) is 52.9 Å². The minimum absolute atomic E-state index is 0.185. The highest BCUT2D eigenvalue weighted by Gasteiger charge is 2.51. The predicted molar refractivity (Wildman–Crippen MR) is 65.0 cm³/mol. The SMILES string of the molecule is CCN1C(=O)C2(CCCC2)NC1CC(C)C. The van der Waals surface area contributed by atoms with Crippen LogP contribution in [-0.4, -0.2) is 29.1 Å². The van der Waals surface area contributed by atoms with Gasteiger partial charge in [0, 0.05) is 6.54 Å². The van der Waals surface area contributed by atoms with Crippen molar-refractivity contribution in [3.63, 3.8) is 0 Å². The first-order valence-electron chi connectivity index (χ1n) is 6.68. The fraction of sp³-hybridized carbons (Fsp3) is 0.923. The molecule has 0 radical (unpaired) electrons. The van der Waals surface area contributed by atoms with Crippen molar-refractivity contribution in [3.8, 4) is 0 Å². The van der Waals surface area contributed by atoms with E-state index in [2.05, 4.69) is 26.1 Å². The summed E-state index contributed by atoms with van der Waals surface area (Å²) in [5.41, 5.74) is -0.185. The molecular weight excluding hydrogens is 200 g/mol. The summed E-state index contributed by atoms with van der Waals surface area (Å²) in [6.07, 6.45) is 5.82. The van der Waals surface area contributed by atoms with Gasteiger partial charge in [-0.25, -0.2) is 0 Å². The molecule has 2 rings (SSSR count). The van der Waals surface area contributed by atoms with Gasteiger partial charge in [-0.3, -0.25) is 10.1 Å². The second-order valence-corrected chi connectivity index (χ2v) is 5.67. The van der Waals surface area contributed by atoms with Crippen molar-refractivity contribution < 1.29 is 4.79 Å². The summed E-state index contributed by atoms with van der Waals surface area (Å²) in [4.78, 5) is 14.5. The Balaban J connectivity index is 2.13. The van der Waals surface area contributed by atoms with Crippen LogP contribution in [0.25, 0.3) is 0 Å². The lowest BCUT2D eigenvalue weighted by atomic mass is 9.98. The molecule has 3 heteroatoms. The zero-order valence-electron chi connectivity index (χ0n) is 10.8. The second-order valence-electron chi connectivity index (χ2n) is 5.67. The quantitative estimate of drug-likeness (QED) is 0.796. The number of hydrogen-bond acceptors (Lipinski definition) is 2. The van der Waals surface area contributed by atoms with Crippen LogP contribution < -0.4 is 5.32 Å². The van der Waals surface area contributed by atoms with Gasteiger partial charge in [0.15, 0.2) is 0 Å². The summed E-state index contributed by atoms with van der Waals surface area (Å²) in [5, 5.41) is 3.62. The molecule has 0 aromatic heterocycles. The third kappa shape index (κ3) is 1.86. The molecule has 1 unspecified atom stereocenters. The number of hydrogen-bond donors (Lipinski definition) is 1. The smallest absolute Gasteiger partial charge is 0.244 e. The van der Waals surface area contributed by atoms with E-state index in [-0.39, 0.29) is 11.7 Å². The van der Waals surface area contributed by atoms with Crippen molar-refractivity contribution in [1.29, 1.82) is 0 Å². The number of amides is 1. The maximum absolute atomic E-state index is 12.4. The van der Waals surface area contributed by atoms with Crippen LogP contribution >= 0.6 is 0 Å². The predicted octanol–water partition coefficient (Wildman–Crippen LogP) is 2.12. The van der Waals surface area contributed by atoms with Gasteiger partial charge in [0.2, 0.25) is 5.91 Å². The molecule has 0 aromatic carbocycles. The molecule has 1 saturated heterocycles. The van der Waals surface area contributed by atoms with E-state index < -0.39 is 0 Å². The molecule has 1 atom stereocenters. The van der Waals surface area contributed by atoms with Crippen LogP contribution in [-0.2, 0) is 4.79 Å². The number of carbonyl (C=O) groups excluding carboxylic acids is 1. The molecule has 1 saturated carbocycles. The van der Waals surface area contributed by atoms with Crippen LogP contribution in [0.5, 0.6) is 0 Å². The van der Waals surface area contributed by atoms with Crippen LogP contribution in [0.2, 0.25) is 0 Å². The third-order valence-electron chi connectivity index (χ3n) is 3.98. The molecule has 1 amide bonds. The highest BCUT2D eigenvalue weighted by Crippen LogP contribution is 2.37. The van der Waals surface area contributed by atoms with E-state index in [9.17, 15) is 4.79 Å². The fourth-order valence-corrected chi connectivity index (χ4v) is 3.21. The summed E-state index contributed by atoms with van der Waals surface area (Å²) in [6.45, 7) is 7.37. The molecule has 2 fully saturated rings. The van der Waals surface area contributed by atoms with Crippen molar-refractivity contribution in [3.05, 3.63) is 0 Å². The van der Waals surface area contributed by atoms with Crippen molar-refractivity contribution >= 4 is 5.91 Å². The van der Waals surface area contributed by atoms with Gasteiger partial charge in [-0.1, -0.05) is 26.7 Å². The molecule has 1 spiro atoms. The largest absolute Gasteiger partial charge is 0.326 e. The highest BCUT2D eigenvalue weighted by atomic mass is 16.2. The Morgan fingerprint density at radius 2 is 2.06 bits per heavy atom. The van der Waals surface area contributed by atoms with Gasteiger partial charge in [0.1, 0.15) is 0 Å². The number of nitrogens with zero attached hydrogens (tertiary/aromatic N) is 1. The fourth-order valence-electron chi connectivity index (χ4n) is 3.21. The average molecular weight is 224 g/mol. The summed E-state index contributed by atoms with van der Waals surface area (Å²) in [5.74, 6) is 0.994. The summed E-state index contributed by atoms with van der Waals surface area (Å²) in [6, 6.07) is 0. The molecule has 0 aromatic rings. The van der Waals surface area contributed by atoms with Crippen LogP contribution in [0.4, 0.5) is 0 Å². The van der Waals surface area contributed by atoms with Gasteiger partial charge < -0.3 is 4.90 Å². The van der Waals surface area contributed by atoms with E-state index in [0.29, 0.717) is 11.8 Å². The van der Waals surface area contributed by atoms with E-state index in [1.807, 2.05) is 4.90 Å². The maximum Gasteiger partial charge on any atom is 0.244 e. The zero-order chi connectivity index (χ0) is 11.8. The minimum Gasteiger partial charge on any atom is -0.326 e. The van der Waals surface area contributed by atoms with Crippen LogP contribution in [0, 0.1) is 5.92 Å². The Morgan fingerprint density at radius 1 is 1.44 bits per heavy atom. The van der Waals surface area contributed by atoms with Crippen molar-refractivity contribution in [2.45, 2.75) is 64.6 Å². The van der Waals surface area contributed by atoms with Crippen LogP contribution in [0.15, 0.2) is 0 Å². The number of likely N-dealkylation sites (N-methyl/N-ethyl adjacent to an activating group) is 1. The lowest BCUT2D eigenvalue weighted by Crippen LogP contribution is -2.44. The summed E-state index contributed by atoms with van der Waals surface area (Å²) >= 11 is 0. The highest BCUT2D eigenvalue weighted by molar-refractivity contribution is 5.89. The Morgan fingerprint density at radius 3 is 2.56 bits per heavy atom. The van der Waals surface area contributed by atoms with Gasteiger partial charge >= 0.3 is 0 Å². The second kappa shape index (κ2) is 4.36. The van der Waals surface area contributed by atoms with Crippen molar-refractivity contribution in [2.24, 2.45) is 5.92 Å². The first-order valence-corrected chi connectivity index (χ1v) is 6.68. The van der Waals surface area contributed by atoms with Crippen molar-refractivity contribution in [1.82, 2.24) is 10.2 Å².